The fourth-order valence-corrected chi connectivity index (χ4v) is 1.18. The normalized spacial score (nSPS) is 9.67. The standard InChI is InChI=1S/C10H15N3OS/c14-10(12-4-1-7-15)13-8-9-2-5-11-6-3-9/h2-3,5-6,15H,1,4,7-8H2,(H2,12,13,14). The Hall–Kier alpha value is -1.23. The van der Waals surface area contributed by atoms with Crippen molar-refractivity contribution in [2.24, 2.45) is 0 Å². The van der Waals surface area contributed by atoms with E-state index in [2.05, 4.69) is 28.2 Å². The van der Waals surface area contributed by atoms with Crippen molar-refractivity contribution in [3.63, 3.8) is 0 Å². The monoisotopic (exact) mass is 225 g/mol. The van der Waals surface area contributed by atoms with Gasteiger partial charge in [-0.15, -0.1) is 0 Å². The molecule has 0 unspecified atom stereocenters. The van der Waals surface area contributed by atoms with Gasteiger partial charge >= 0.3 is 6.03 Å². The van der Waals surface area contributed by atoms with Crippen LogP contribution >= 0.6 is 12.6 Å². The molecule has 0 saturated carbocycles. The molecule has 0 radical (unpaired) electrons. The fourth-order valence-electron chi connectivity index (χ4n) is 1.03. The van der Waals surface area contributed by atoms with Gasteiger partial charge in [0.15, 0.2) is 0 Å². The molecule has 2 amide bonds. The zero-order valence-corrected chi connectivity index (χ0v) is 9.33. The Labute approximate surface area is 94.9 Å². The maximum Gasteiger partial charge on any atom is 0.315 e. The van der Waals surface area contributed by atoms with Crippen molar-refractivity contribution in [1.82, 2.24) is 15.6 Å². The molecule has 1 aromatic rings. The van der Waals surface area contributed by atoms with Crippen LogP contribution in [0.4, 0.5) is 4.79 Å². The summed E-state index contributed by atoms with van der Waals surface area (Å²) >= 11 is 4.05. The first kappa shape index (κ1) is 11.8. The third-order valence-electron chi connectivity index (χ3n) is 1.82. The first-order valence-corrected chi connectivity index (χ1v) is 5.47. The molecule has 0 saturated heterocycles. The van der Waals surface area contributed by atoms with Gasteiger partial charge in [-0.1, -0.05) is 0 Å². The van der Waals surface area contributed by atoms with Crippen LogP contribution in [0.2, 0.25) is 0 Å². The van der Waals surface area contributed by atoms with E-state index >= 15 is 0 Å². The first-order chi connectivity index (χ1) is 7.33. The largest absolute Gasteiger partial charge is 0.338 e. The Morgan fingerprint density at radius 3 is 2.73 bits per heavy atom. The summed E-state index contributed by atoms with van der Waals surface area (Å²) in [5.74, 6) is 0.782. The minimum Gasteiger partial charge on any atom is -0.338 e. The summed E-state index contributed by atoms with van der Waals surface area (Å²) in [6.45, 7) is 1.18. The van der Waals surface area contributed by atoms with E-state index < -0.39 is 0 Å². The molecule has 4 nitrogen and oxygen atoms in total. The van der Waals surface area contributed by atoms with Crippen molar-refractivity contribution in [1.29, 1.82) is 0 Å². The molecule has 0 aliphatic rings. The van der Waals surface area contributed by atoms with Crippen molar-refractivity contribution in [2.45, 2.75) is 13.0 Å². The number of carbonyl (C=O) groups is 1. The number of thiol groups is 1. The van der Waals surface area contributed by atoms with Crippen molar-refractivity contribution < 1.29 is 4.79 Å². The number of rotatable bonds is 5. The number of hydrogen-bond donors (Lipinski definition) is 3. The van der Waals surface area contributed by atoms with E-state index in [1.54, 1.807) is 12.4 Å². The van der Waals surface area contributed by atoms with Gasteiger partial charge in [0.05, 0.1) is 0 Å². The third kappa shape index (κ3) is 5.27. The zero-order chi connectivity index (χ0) is 10.9. The number of carbonyl (C=O) groups excluding carboxylic acids is 1. The van der Waals surface area contributed by atoms with Gasteiger partial charge in [0.25, 0.3) is 0 Å². The molecule has 0 aromatic carbocycles. The van der Waals surface area contributed by atoms with Crippen LogP contribution in [-0.4, -0.2) is 23.3 Å². The Morgan fingerprint density at radius 1 is 1.33 bits per heavy atom. The Balaban J connectivity index is 2.17. The minimum atomic E-state index is -0.145. The Kier molecular flexibility index (Phi) is 5.62. The SMILES string of the molecule is O=C(NCCCS)NCc1ccncc1. The molecule has 0 fully saturated rings. The van der Waals surface area contributed by atoms with E-state index in [4.69, 9.17) is 0 Å². The lowest BCUT2D eigenvalue weighted by molar-refractivity contribution is 0.240. The second kappa shape index (κ2) is 7.11. The van der Waals surface area contributed by atoms with Crippen LogP contribution in [0.5, 0.6) is 0 Å². The summed E-state index contributed by atoms with van der Waals surface area (Å²) < 4.78 is 0. The van der Waals surface area contributed by atoms with Crippen molar-refractivity contribution in [3.8, 4) is 0 Å². The molecular weight excluding hydrogens is 210 g/mol. The van der Waals surface area contributed by atoms with Crippen LogP contribution in [0.25, 0.3) is 0 Å². The molecule has 82 valence electrons. The fraction of sp³-hybridized carbons (Fsp3) is 0.400. The van der Waals surface area contributed by atoms with Gasteiger partial charge in [-0.3, -0.25) is 4.98 Å². The molecule has 1 aromatic heterocycles. The lowest BCUT2D eigenvalue weighted by Crippen LogP contribution is -2.35. The predicted molar refractivity (Wildman–Crippen MR) is 62.9 cm³/mol. The third-order valence-corrected chi connectivity index (χ3v) is 2.14. The van der Waals surface area contributed by atoms with Gasteiger partial charge < -0.3 is 10.6 Å². The second-order valence-electron chi connectivity index (χ2n) is 3.04. The highest BCUT2D eigenvalue weighted by Gasteiger charge is 1.98. The lowest BCUT2D eigenvalue weighted by Gasteiger charge is -2.06. The Bertz CT molecular complexity index is 292. The predicted octanol–water partition coefficient (Wildman–Crippen LogP) is 1.20. The summed E-state index contributed by atoms with van der Waals surface area (Å²) in [7, 11) is 0. The number of hydrogen-bond acceptors (Lipinski definition) is 3. The smallest absolute Gasteiger partial charge is 0.315 e. The van der Waals surface area contributed by atoms with E-state index in [0.29, 0.717) is 13.1 Å². The summed E-state index contributed by atoms with van der Waals surface area (Å²) in [5, 5.41) is 5.49. The van der Waals surface area contributed by atoms with E-state index in [1.165, 1.54) is 0 Å². The molecule has 0 bridgehead atoms. The van der Waals surface area contributed by atoms with E-state index in [1.807, 2.05) is 12.1 Å². The average Bonchev–Trinajstić information content (AvgIpc) is 2.28. The van der Waals surface area contributed by atoms with E-state index in [9.17, 15) is 4.79 Å². The summed E-state index contributed by atoms with van der Waals surface area (Å²) in [5.41, 5.74) is 1.04. The number of nitrogens with one attached hydrogen (secondary N) is 2. The van der Waals surface area contributed by atoms with Gasteiger partial charge in [0, 0.05) is 25.5 Å². The molecule has 0 aliphatic heterocycles. The van der Waals surface area contributed by atoms with Gasteiger partial charge in [-0.2, -0.15) is 12.6 Å². The van der Waals surface area contributed by atoms with Gasteiger partial charge in [-0.05, 0) is 29.9 Å². The van der Waals surface area contributed by atoms with Crippen molar-refractivity contribution >= 4 is 18.7 Å². The van der Waals surface area contributed by atoms with Crippen LogP contribution in [0.1, 0.15) is 12.0 Å². The first-order valence-electron chi connectivity index (χ1n) is 4.84. The quantitative estimate of drug-likeness (QED) is 0.521. The highest BCUT2D eigenvalue weighted by Crippen LogP contribution is 1.94. The minimum absolute atomic E-state index is 0.145. The number of pyridine rings is 1. The molecule has 1 rings (SSSR count). The summed E-state index contributed by atoms with van der Waals surface area (Å²) in [6.07, 6.45) is 4.29. The molecular formula is C10H15N3OS. The highest BCUT2D eigenvalue weighted by molar-refractivity contribution is 7.80. The van der Waals surface area contributed by atoms with Gasteiger partial charge in [0.2, 0.25) is 0 Å². The van der Waals surface area contributed by atoms with Crippen LogP contribution in [0.3, 0.4) is 0 Å². The van der Waals surface area contributed by atoms with Gasteiger partial charge in [0.1, 0.15) is 0 Å². The van der Waals surface area contributed by atoms with Crippen molar-refractivity contribution in [3.05, 3.63) is 30.1 Å². The van der Waals surface area contributed by atoms with E-state index in [0.717, 1.165) is 17.7 Å². The maximum absolute atomic E-state index is 11.2. The summed E-state index contributed by atoms with van der Waals surface area (Å²) in [4.78, 5) is 15.1. The lowest BCUT2D eigenvalue weighted by atomic mass is 10.3. The topological polar surface area (TPSA) is 54.0 Å². The molecule has 5 heteroatoms. The Morgan fingerprint density at radius 2 is 2.07 bits per heavy atom. The van der Waals surface area contributed by atoms with E-state index in [-0.39, 0.29) is 6.03 Å². The maximum atomic E-state index is 11.2. The van der Waals surface area contributed by atoms with Crippen LogP contribution in [0.15, 0.2) is 24.5 Å². The number of amides is 2. The van der Waals surface area contributed by atoms with Crippen LogP contribution in [0, 0.1) is 0 Å². The number of urea groups is 1. The van der Waals surface area contributed by atoms with Crippen LogP contribution in [-0.2, 0) is 6.54 Å². The molecule has 2 N–H and O–H groups in total. The molecule has 0 atom stereocenters. The highest BCUT2D eigenvalue weighted by atomic mass is 32.1. The average molecular weight is 225 g/mol. The van der Waals surface area contributed by atoms with Crippen LogP contribution < -0.4 is 10.6 Å². The number of aromatic nitrogens is 1. The molecule has 0 aliphatic carbocycles. The molecule has 1 heterocycles. The summed E-state index contributed by atoms with van der Waals surface area (Å²) in [6, 6.07) is 3.59. The second-order valence-corrected chi connectivity index (χ2v) is 3.49. The van der Waals surface area contributed by atoms with Gasteiger partial charge in [-0.25, -0.2) is 4.79 Å². The molecule has 0 spiro atoms. The molecule has 15 heavy (non-hydrogen) atoms. The van der Waals surface area contributed by atoms with Crippen molar-refractivity contribution in [2.75, 3.05) is 12.3 Å². The number of nitrogens with zero attached hydrogens (tertiary/aromatic N) is 1. The zero-order valence-electron chi connectivity index (χ0n) is 8.44.